The highest BCUT2D eigenvalue weighted by molar-refractivity contribution is 5.76. The van der Waals surface area contributed by atoms with E-state index in [4.69, 9.17) is 0 Å². The van der Waals surface area contributed by atoms with Crippen LogP contribution in [0, 0.1) is 0 Å². The van der Waals surface area contributed by atoms with Crippen LogP contribution in [0.3, 0.4) is 0 Å². The molecule has 6 heteroatoms. The Labute approximate surface area is 146 Å². The molecule has 1 atom stereocenters. The molecule has 1 aliphatic heterocycles. The van der Waals surface area contributed by atoms with Crippen molar-refractivity contribution in [3.05, 3.63) is 18.2 Å². The van der Waals surface area contributed by atoms with Crippen LogP contribution in [-0.2, 0) is 17.9 Å². The van der Waals surface area contributed by atoms with Gasteiger partial charge in [0, 0.05) is 63.1 Å². The van der Waals surface area contributed by atoms with Crippen LogP contribution in [0.5, 0.6) is 0 Å². The zero-order chi connectivity index (χ0) is 17.7. The van der Waals surface area contributed by atoms with Gasteiger partial charge in [0.2, 0.25) is 5.91 Å². The van der Waals surface area contributed by atoms with Gasteiger partial charge in [0.1, 0.15) is 5.82 Å². The van der Waals surface area contributed by atoms with E-state index < -0.39 is 0 Å². The Morgan fingerprint density at radius 1 is 1.38 bits per heavy atom. The molecular weight excluding hydrogens is 302 g/mol. The van der Waals surface area contributed by atoms with Gasteiger partial charge in [0.25, 0.3) is 0 Å². The molecule has 1 aromatic rings. The van der Waals surface area contributed by atoms with E-state index in [-0.39, 0.29) is 11.4 Å². The van der Waals surface area contributed by atoms with Crippen LogP contribution in [0.4, 0.5) is 0 Å². The smallest absolute Gasteiger partial charge is 0.221 e. The van der Waals surface area contributed by atoms with E-state index in [2.05, 4.69) is 38.5 Å². The lowest BCUT2D eigenvalue weighted by Crippen LogP contribution is -2.52. The summed E-state index contributed by atoms with van der Waals surface area (Å²) in [7, 11) is 0. The Bertz CT molecular complexity index is 534. The molecule has 2 rings (SSSR count). The number of nitrogens with one attached hydrogen (secondary N) is 1. The molecule has 0 saturated carbocycles. The van der Waals surface area contributed by atoms with Crippen molar-refractivity contribution in [2.45, 2.75) is 65.7 Å². The molecule has 6 nitrogen and oxygen atoms in total. The first kappa shape index (κ1) is 18.9. The molecule has 1 fully saturated rings. The summed E-state index contributed by atoms with van der Waals surface area (Å²) in [6, 6.07) is 0.478. The summed E-state index contributed by atoms with van der Waals surface area (Å²) in [5, 5.41) is 3.03. The minimum atomic E-state index is -0.149. The van der Waals surface area contributed by atoms with Crippen molar-refractivity contribution in [3.8, 4) is 0 Å². The minimum absolute atomic E-state index is 0.141. The fourth-order valence-corrected chi connectivity index (χ4v) is 3.21. The molecular formula is C18H33N5O. The number of aromatic nitrogens is 2. The monoisotopic (exact) mass is 335 g/mol. The fourth-order valence-electron chi connectivity index (χ4n) is 3.21. The molecule has 1 N–H and O–H groups in total. The Morgan fingerprint density at radius 3 is 2.75 bits per heavy atom. The van der Waals surface area contributed by atoms with Gasteiger partial charge in [-0.05, 0) is 34.6 Å². The second-order valence-electron chi connectivity index (χ2n) is 7.80. The third-order valence-corrected chi connectivity index (χ3v) is 4.51. The highest BCUT2D eigenvalue weighted by Crippen LogP contribution is 2.13. The van der Waals surface area contributed by atoms with E-state index in [1.165, 1.54) is 0 Å². The molecule has 136 valence electrons. The van der Waals surface area contributed by atoms with Crippen molar-refractivity contribution in [2.24, 2.45) is 0 Å². The van der Waals surface area contributed by atoms with Crippen molar-refractivity contribution < 1.29 is 4.79 Å². The second-order valence-corrected chi connectivity index (χ2v) is 7.80. The number of carbonyl (C=O) groups excluding carboxylic acids is 1. The molecule has 0 aliphatic carbocycles. The van der Waals surface area contributed by atoms with Crippen LogP contribution in [0.15, 0.2) is 12.4 Å². The van der Waals surface area contributed by atoms with E-state index in [1.54, 1.807) is 0 Å². The van der Waals surface area contributed by atoms with Gasteiger partial charge in [-0.1, -0.05) is 0 Å². The molecule has 0 aromatic carbocycles. The number of nitrogens with zero attached hydrogens (tertiary/aromatic N) is 4. The number of amides is 1. The normalized spacial score (nSPS) is 20.3. The highest BCUT2D eigenvalue weighted by atomic mass is 16.1. The maximum Gasteiger partial charge on any atom is 0.221 e. The quantitative estimate of drug-likeness (QED) is 0.860. The molecule has 0 radical (unpaired) electrons. The summed E-state index contributed by atoms with van der Waals surface area (Å²) < 4.78 is 2.20. The average molecular weight is 335 g/mol. The molecule has 2 heterocycles. The number of carbonyl (C=O) groups is 1. The lowest BCUT2D eigenvalue weighted by Gasteiger charge is -2.39. The van der Waals surface area contributed by atoms with Crippen molar-refractivity contribution in [1.82, 2.24) is 24.7 Å². The Balaban J connectivity index is 1.77. The molecule has 0 spiro atoms. The summed E-state index contributed by atoms with van der Waals surface area (Å²) in [5.74, 6) is 1.28. The zero-order valence-electron chi connectivity index (χ0n) is 15.9. The first-order valence-electron chi connectivity index (χ1n) is 9.06. The van der Waals surface area contributed by atoms with Crippen LogP contribution in [0.1, 0.15) is 46.9 Å². The number of hydrogen-bond donors (Lipinski definition) is 1. The molecule has 24 heavy (non-hydrogen) atoms. The van der Waals surface area contributed by atoms with Crippen molar-refractivity contribution in [2.75, 3.05) is 26.2 Å². The molecule has 1 aromatic heterocycles. The standard InChI is InChI=1S/C18H33N5O/c1-6-22-10-8-19-16(22)14-23-12-11-21(13-15(23)2)9-7-17(24)20-18(3,4)5/h8,10,15H,6-7,9,11-14H2,1-5H3,(H,20,24)/t15-/m1/s1. The van der Waals surface area contributed by atoms with Crippen LogP contribution >= 0.6 is 0 Å². The SMILES string of the molecule is CCn1ccnc1CN1CCN(CCC(=O)NC(C)(C)C)C[C@H]1C. The fraction of sp³-hybridized carbons (Fsp3) is 0.778. The maximum atomic E-state index is 12.0. The van der Waals surface area contributed by atoms with Crippen LogP contribution in [0.2, 0.25) is 0 Å². The van der Waals surface area contributed by atoms with E-state index in [0.717, 1.165) is 45.1 Å². The van der Waals surface area contributed by atoms with Crippen molar-refractivity contribution in [3.63, 3.8) is 0 Å². The summed E-state index contributed by atoms with van der Waals surface area (Å²) in [6.07, 6.45) is 4.50. The van der Waals surface area contributed by atoms with Crippen molar-refractivity contribution >= 4 is 5.91 Å². The third-order valence-electron chi connectivity index (χ3n) is 4.51. The Morgan fingerprint density at radius 2 is 2.12 bits per heavy atom. The number of piperazine rings is 1. The summed E-state index contributed by atoms with van der Waals surface area (Å²) in [5.41, 5.74) is -0.149. The van der Waals surface area contributed by atoms with Gasteiger partial charge in [-0.3, -0.25) is 9.69 Å². The largest absolute Gasteiger partial charge is 0.351 e. The van der Waals surface area contributed by atoms with Gasteiger partial charge in [-0.2, -0.15) is 0 Å². The molecule has 1 amide bonds. The zero-order valence-corrected chi connectivity index (χ0v) is 15.9. The lowest BCUT2D eigenvalue weighted by atomic mass is 10.1. The highest BCUT2D eigenvalue weighted by Gasteiger charge is 2.25. The maximum absolute atomic E-state index is 12.0. The number of hydrogen-bond acceptors (Lipinski definition) is 4. The van der Waals surface area contributed by atoms with E-state index in [0.29, 0.717) is 12.5 Å². The lowest BCUT2D eigenvalue weighted by molar-refractivity contribution is -0.123. The molecule has 0 bridgehead atoms. The number of imidazole rings is 1. The van der Waals surface area contributed by atoms with E-state index in [1.807, 2.05) is 33.2 Å². The Hall–Kier alpha value is -1.40. The summed E-state index contributed by atoms with van der Waals surface area (Å²) in [6.45, 7) is 16.2. The molecule has 0 unspecified atom stereocenters. The third kappa shape index (κ3) is 5.60. The van der Waals surface area contributed by atoms with Gasteiger partial charge < -0.3 is 14.8 Å². The number of aryl methyl sites for hydroxylation is 1. The van der Waals surface area contributed by atoms with Crippen LogP contribution < -0.4 is 5.32 Å². The van der Waals surface area contributed by atoms with Gasteiger partial charge in [0.15, 0.2) is 0 Å². The van der Waals surface area contributed by atoms with Crippen molar-refractivity contribution in [1.29, 1.82) is 0 Å². The average Bonchev–Trinajstić information content (AvgIpc) is 2.93. The predicted molar refractivity (Wildman–Crippen MR) is 96.7 cm³/mol. The minimum Gasteiger partial charge on any atom is -0.351 e. The van der Waals surface area contributed by atoms with Gasteiger partial charge in [0.05, 0.1) is 6.54 Å². The summed E-state index contributed by atoms with van der Waals surface area (Å²) >= 11 is 0. The first-order valence-corrected chi connectivity index (χ1v) is 9.06. The Kier molecular flexibility index (Phi) is 6.40. The van der Waals surface area contributed by atoms with E-state index in [9.17, 15) is 4.79 Å². The van der Waals surface area contributed by atoms with Gasteiger partial charge in [-0.25, -0.2) is 4.98 Å². The molecule has 1 saturated heterocycles. The predicted octanol–water partition coefficient (Wildman–Crippen LogP) is 1.71. The van der Waals surface area contributed by atoms with Crippen LogP contribution in [-0.4, -0.2) is 63.0 Å². The first-order chi connectivity index (χ1) is 11.3. The summed E-state index contributed by atoms with van der Waals surface area (Å²) in [4.78, 5) is 21.3. The molecule has 1 aliphatic rings. The number of rotatable bonds is 6. The van der Waals surface area contributed by atoms with Gasteiger partial charge >= 0.3 is 0 Å². The topological polar surface area (TPSA) is 53.4 Å². The second kappa shape index (κ2) is 8.12. The van der Waals surface area contributed by atoms with Crippen LogP contribution in [0.25, 0.3) is 0 Å². The van der Waals surface area contributed by atoms with E-state index >= 15 is 0 Å². The van der Waals surface area contributed by atoms with Gasteiger partial charge in [-0.15, -0.1) is 0 Å².